The average Bonchev–Trinajstić information content (AvgIpc) is 3.89. The minimum atomic E-state index is -0.872. The first-order valence-corrected chi connectivity index (χ1v) is 18.2. The lowest BCUT2D eigenvalue weighted by Gasteiger charge is -2.29. The molecule has 0 saturated carbocycles. The van der Waals surface area contributed by atoms with Gasteiger partial charge in [-0.3, -0.25) is 24.2 Å². The molecule has 0 aliphatic carbocycles. The van der Waals surface area contributed by atoms with E-state index in [0.717, 1.165) is 18.4 Å². The summed E-state index contributed by atoms with van der Waals surface area (Å²) in [5, 5.41) is 12.0. The SMILES string of the molecule is CCC(C)[C@H]1NC(=O)C2N=C(O[C@@H]2C)[C@@H]2CCCN2C(=O)[C@H](Cc2ccccc2)NC(=O)c2csc(n2)[C@H](C)NC(=O)[C@@H]2CSC1=N2. The number of amides is 4. The van der Waals surface area contributed by atoms with Gasteiger partial charge in [0.2, 0.25) is 23.6 Å². The van der Waals surface area contributed by atoms with E-state index in [2.05, 4.69) is 34.8 Å². The minimum absolute atomic E-state index is 0.0666. The molecule has 14 heteroatoms. The first kappa shape index (κ1) is 33.1. The predicted octanol–water partition coefficient (Wildman–Crippen LogP) is 2.90. The van der Waals surface area contributed by atoms with Crippen LogP contribution in [0.3, 0.4) is 0 Å². The normalized spacial score (nSPS) is 30.6. The number of rotatable bonds is 4. The standard InChI is InChI=1S/C33H41N7O5S2/c1-5-17(2)25-32-37-22(16-47-32)27(41)34-18(3)31-36-23(15-46-31)28(42)35-21(14-20-10-7-6-8-11-20)33(44)40-13-9-12-24(40)30-39-26(19(4)45-30)29(43)38-25/h6-8,10-11,15,17-19,21-22,24-26H,5,9,12-14,16H2,1-4H3,(H,34,41)(H,35,42)(H,38,43)/t17?,18-,19+,21-,22-,24-,25+,26?/m0/s1. The van der Waals surface area contributed by atoms with Gasteiger partial charge in [0.1, 0.15) is 34.9 Å². The Labute approximate surface area is 282 Å². The van der Waals surface area contributed by atoms with E-state index in [4.69, 9.17) is 14.7 Å². The molecule has 1 aromatic heterocycles. The fraction of sp³-hybridized carbons (Fsp3) is 0.545. The molecule has 1 fully saturated rings. The van der Waals surface area contributed by atoms with Crippen molar-refractivity contribution in [2.24, 2.45) is 15.9 Å². The van der Waals surface area contributed by atoms with E-state index < -0.39 is 42.2 Å². The number of carbonyl (C=O) groups is 4. The van der Waals surface area contributed by atoms with Gasteiger partial charge in [-0.25, -0.2) is 9.98 Å². The van der Waals surface area contributed by atoms with E-state index in [-0.39, 0.29) is 41.8 Å². The lowest BCUT2D eigenvalue weighted by Crippen LogP contribution is -2.52. The Morgan fingerprint density at radius 3 is 2.60 bits per heavy atom. The molecular weight excluding hydrogens is 639 g/mol. The smallest absolute Gasteiger partial charge is 0.271 e. The Morgan fingerprint density at radius 1 is 1.04 bits per heavy atom. The van der Waals surface area contributed by atoms with Gasteiger partial charge in [-0.15, -0.1) is 23.1 Å². The molecule has 250 valence electrons. The summed E-state index contributed by atoms with van der Waals surface area (Å²) < 4.78 is 6.18. The molecule has 0 spiro atoms. The third kappa shape index (κ3) is 7.08. The molecule has 4 aliphatic heterocycles. The number of thioether (sulfide) groups is 1. The van der Waals surface area contributed by atoms with Crippen LogP contribution in [0, 0.1) is 5.92 Å². The Bertz CT molecular complexity index is 1580. The molecule has 6 bridgehead atoms. The van der Waals surface area contributed by atoms with Crippen molar-refractivity contribution in [1.82, 2.24) is 25.8 Å². The van der Waals surface area contributed by atoms with Crippen molar-refractivity contribution >= 4 is 57.7 Å². The van der Waals surface area contributed by atoms with Crippen molar-refractivity contribution in [1.29, 1.82) is 0 Å². The summed E-state index contributed by atoms with van der Waals surface area (Å²) in [6, 6.07) is 5.96. The lowest BCUT2D eigenvalue weighted by molar-refractivity contribution is -0.133. The minimum Gasteiger partial charge on any atom is -0.474 e. The summed E-state index contributed by atoms with van der Waals surface area (Å²) in [6.45, 7) is 8.21. The zero-order chi connectivity index (χ0) is 33.2. The second kappa shape index (κ2) is 14.1. The average molecular weight is 680 g/mol. The van der Waals surface area contributed by atoms with Crippen molar-refractivity contribution in [3.8, 4) is 0 Å². The van der Waals surface area contributed by atoms with Gasteiger partial charge in [-0.2, -0.15) is 0 Å². The van der Waals surface area contributed by atoms with E-state index in [9.17, 15) is 19.2 Å². The van der Waals surface area contributed by atoms with Gasteiger partial charge in [0.25, 0.3) is 5.91 Å². The molecule has 8 atom stereocenters. The number of aromatic nitrogens is 1. The van der Waals surface area contributed by atoms with Crippen LogP contribution in [0.15, 0.2) is 45.7 Å². The van der Waals surface area contributed by atoms with Crippen LogP contribution in [0.1, 0.15) is 74.1 Å². The molecule has 2 aromatic rings. The first-order chi connectivity index (χ1) is 22.6. The predicted molar refractivity (Wildman–Crippen MR) is 182 cm³/mol. The molecule has 4 amide bonds. The number of benzene rings is 1. The van der Waals surface area contributed by atoms with Crippen molar-refractivity contribution in [3.63, 3.8) is 0 Å². The van der Waals surface area contributed by atoms with Crippen LogP contribution in [0.4, 0.5) is 0 Å². The number of thiazole rings is 1. The van der Waals surface area contributed by atoms with E-state index >= 15 is 0 Å². The topological polar surface area (TPSA) is 154 Å². The highest BCUT2D eigenvalue weighted by atomic mass is 32.2. The van der Waals surface area contributed by atoms with Gasteiger partial charge in [-0.05, 0) is 38.2 Å². The molecule has 0 radical (unpaired) electrons. The van der Waals surface area contributed by atoms with Crippen molar-refractivity contribution < 1.29 is 23.9 Å². The molecule has 2 unspecified atom stereocenters. The Hall–Kier alpha value is -3.78. The van der Waals surface area contributed by atoms with Crippen LogP contribution < -0.4 is 16.0 Å². The van der Waals surface area contributed by atoms with Gasteiger partial charge in [0.15, 0.2) is 6.04 Å². The number of aliphatic imine (C=N–C) groups is 2. The second-order valence-corrected chi connectivity index (χ2v) is 14.5. The Morgan fingerprint density at radius 2 is 1.83 bits per heavy atom. The van der Waals surface area contributed by atoms with Crippen LogP contribution in [0.25, 0.3) is 0 Å². The zero-order valence-corrected chi connectivity index (χ0v) is 28.6. The van der Waals surface area contributed by atoms with E-state index in [1.165, 1.54) is 23.1 Å². The molecule has 47 heavy (non-hydrogen) atoms. The quantitative estimate of drug-likeness (QED) is 0.449. The third-order valence-electron chi connectivity index (χ3n) is 9.23. The van der Waals surface area contributed by atoms with Gasteiger partial charge < -0.3 is 25.6 Å². The number of hydrogen-bond donors (Lipinski definition) is 3. The number of fused-ring (bicyclic) bond motifs is 6. The molecule has 6 rings (SSSR count). The molecule has 5 heterocycles. The fourth-order valence-electron chi connectivity index (χ4n) is 6.31. The number of nitrogens with one attached hydrogen (secondary N) is 3. The van der Waals surface area contributed by atoms with E-state index in [0.29, 0.717) is 34.7 Å². The molecule has 4 aliphatic rings. The summed E-state index contributed by atoms with van der Waals surface area (Å²) in [5.74, 6) is -0.360. The highest BCUT2D eigenvalue weighted by Gasteiger charge is 2.44. The fourth-order valence-corrected chi connectivity index (χ4v) is 8.35. The lowest BCUT2D eigenvalue weighted by atomic mass is 9.99. The highest BCUT2D eigenvalue weighted by Crippen LogP contribution is 2.29. The third-order valence-corrected chi connectivity index (χ3v) is 11.4. The van der Waals surface area contributed by atoms with Gasteiger partial charge in [0, 0.05) is 24.1 Å². The van der Waals surface area contributed by atoms with Crippen molar-refractivity contribution in [2.75, 3.05) is 12.3 Å². The van der Waals surface area contributed by atoms with Gasteiger partial charge in [-0.1, -0.05) is 50.6 Å². The van der Waals surface area contributed by atoms with E-state index in [1.54, 1.807) is 10.3 Å². The zero-order valence-electron chi connectivity index (χ0n) is 27.0. The Kier molecular flexibility index (Phi) is 9.97. The highest BCUT2D eigenvalue weighted by molar-refractivity contribution is 8.14. The first-order valence-electron chi connectivity index (χ1n) is 16.3. The monoisotopic (exact) mass is 679 g/mol. The summed E-state index contributed by atoms with van der Waals surface area (Å²) in [5.41, 5.74) is 1.08. The van der Waals surface area contributed by atoms with Crippen LogP contribution in [0.5, 0.6) is 0 Å². The van der Waals surface area contributed by atoms with E-state index in [1.807, 2.05) is 44.2 Å². The van der Waals surface area contributed by atoms with Gasteiger partial charge in [0.05, 0.1) is 17.1 Å². The maximum absolute atomic E-state index is 14.2. The van der Waals surface area contributed by atoms with Crippen LogP contribution in [-0.2, 0) is 25.5 Å². The molecule has 1 aromatic carbocycles. The van der Waals surface area contributed by atoms with Crippen LogP contribution in [0.2, 0.25) is 0 Å². The largest absolute Gasteiger partial charge is 0.474 e. The summed E-state index contributed by atoms with van der Waals surface area (Å²) in [4.78, 5) is 70.6. The van der Waals surface area contributed by atoms with Crippen molar-refractivity contribution in [2.45, 2.75) is 95.7 Å². The van der Waals surface area contributed by atoms with Crippen LogP contribution in [-0.4, -0.2) is 93.1 Å². The number of carbonyl (C=O) groups excluding carboxylic acids is 4. The summed E-state index contributed by atoms with van der Waals surface area (Å²) >= 11 is 2.75. The molecular formula is C33H41N7O5S2. The molecule has 12 nitrogen and oxygen atoms in total. The maximum atomic E-state index is 14.2. The van der Waals surface area contributed by atoms with Crippen molar-refractivity contribution in [3.05, 3.63) is 52.0 Å². The summed E-state index contributed by atoms with van der Waals surface area (Å²) in [6.07, 6.45) is 1.92. The van der Waals surface area contributed by atoms with Crippen LogP contribution >= 0.6 is 23.1 Å². The Balaban J connectivity index is 1.35. The number of nitrogens with zero attached hydrogens (tertiary/aromatic N) is 4. The maximum Gasteiger partial charge on any atom is 0.271 e. The number of hydrogen-bond acceptors (Lipinski definition) is 10. The molecule has 1 saturated heterocycles. The second-order valence-electron chi connectivity index (χ2n) is 12.6. The molecule has 3 N–H and O–H groups in total. The number of ether oxygens (including phenoxy) is 1. The van der Waals surface area contributed by atoms with Gasteiger partial charge >= 0.3 is 0 Å². The summed E-state index contributed by atoms with van der Waals surface area (Å²) in [7, 11) is 0.